The first-order valence-electron chi connectivity index (χ1n) is 8.32. The smallest absolute Gasteiger partial charge is 0.251 e. The summed E-state index contributed by atoms with van der Waals surface area (Å²) in [6, 6.07) is 13.0. The Balaban J connectivity index is 1.81. The second-order valence-corrected chi connectivity index (χ2v) is 12.7. The van der Waals surface area contributed by atoms with Crippen LogP contribution in [0.1, 0.15) is 0 Å². The van der Waals surface area contributed by atoms with Crippen molar-refractivity contribution in [3.8, 4) is 5.75 Å². The minimum absolute atomic E-state index is 0.0862. The Hall–Kier alpha value is -2.60. The van der Waals surface area contributed by atoms with Gasteiger partial charge in [0.05, 0.1) is 0 Å². The third kappa shape index (κ3) is 3.76. The number of aromatic hydroxyl groups is 1. The fraction of sp³-hybridized carbons (Fsp3) is 0.0526. The minimum Gasteiger partial charge on any atom is -0.508 e. The SMILES string of the molecule is O=c1sc2ccccc2cc1S(=O)(=O)CS(=O)(=O)c1cc2ccc(O)cc2sc1=O. The molecule has 4 rings (SSSR count). The molecule has 2 heterocycles. The number of hydrogen-bond acceptors (Lipinski definition) is 9. The quantitative estimate of drug-likeness (QED) is 0.476. The molecule has 0 fully saturated rings. The highest BCUT2D eigenvalue weighted by Crippen LogP contribution is 2.26. The van der Waals surface area contributed by atoms with Crippen molar-refractivity contribution in [3.05, 3.63) is 73.7 Å². The van der Waals surface area contributed by atoms with Crippen molar-refractivity contribution < 1.29 is 21.9 Å². The van der Waals surface area contributed by atoms with Gasteiger partial charge in [-0.3, -0.25) is 9.59 Å². The van der Waals surface area contributed by atoms with E-state index in [0.717, 1.165) is 12.1 Å². The van der Waals surface area contributed by atoms with E-state index in [2.05, 4.69) is 0 Å². The lowest BCUT2D eigenvalue weighted by Crippen LogP contribution is -2.24. The van der Waals surface area contributed by atoms with Crippen molar-refractivity contribution in [1.29, 1.82) is 0 Å². The van der Waals surface area contributed by atoms with Crippen molar-refractivity contribution in [2.75, 3.05) is 5.08 Å². The normalized spacial score (nSPS) is 12.4. The molecule has 0 saturated carbocycles. The fourth-order valence-electron chi connectivity index (χ4n) is 2.89. The molecule has 30 heavy (non-hydrogen) atoms. The van der Waals surface area contributed by atoms with E-state index >= 15 is 0 Å². The molecule has 0 aliphatic rings. The summed E-state index contributed by atoms with van der Waals surface area (Å²) in [5.41, 5.74) is 0. The van der Waals surface area contributed by atoms with Crippen LogP contribution in [0.2, 0.25) is 0 Å². The van der Waals surface area contributed by atoms with Crippen molar-refractivity contribution in [3.63, 3.8) is 0 Å². The molecule has 0 spiro atoms. The second-order valence-electron chi connectivity index (χ2n) is 6.40. The summed E-state index contributed by atoms with van der Waals surface area (Å²) in [7, 11) is -9.08. The zero-order chi connectivity index (χ0) is 21.7. The van der Waals surface area contributed by atoms with Crippen LogP contribution in [-0.4, -0.2) is 27.0 Å². The number of sulfone groups is 2. The zero-order valence-electron chi connectivity index (χ0n) is 14.9. The summed E-state index contributed by atoms with van der Waals surface area (Å²) >= 11 is 1.30. The van der Waals surface area contributed by atoms with E-state index in [-0.39, 0.29) is 5.75 Å². The van der Waals surface area contributed by atoms with Gasteiger partial charge in [0.25, 0.3) is 9.48 Å². The second kappa shape index (κ2) is 7.27. The summed E-state index contributed by atoms with van der Waals surface area (Å²) in [5.74, 6) is -0.0862. The Kier molecular flexibility index (Phi) is 5.01. The van der Waals surface area contributed by atoms with Crippen LogP contribution in [0, 0.1) is 0 Å². The highest BCUT2D eigenvalue weighted by Gasteiger charge is 2.30. The Morgan fingerprint density at radius 1 is 0.700 bits per heavy atom. The number of fused-ring (bicyclic) bond motifs is 2. The third-order valence-electron chi connectivity index (χ3n) is 4.28. The van der Waals surface area contributed by atoms with Gasteiger partial charge in [0, 0.05) is 9.40 Å². The van der Waals surface area contributed by atoms with E-state index in [1.54, 1.807) is 24.3 Å². The molecule has 0 aliphatic heterocycles. The first-order valence-corrected chi connectivity index (χ1v) is 13.3. The van der Waals surface area contributed by atoms with Gasteiger partial charge in [-0.15, -0.1) is 0 Å². The lowest BCUT2D eigenvalue weighted by molar-refractivity contribution is 0.476. The van der Waals surface area contributed by atoms with E-state index in [0.29, 0.717) is 42.8 Å². The van der Waals surface area contributed by atoms with Gasteiger partial charge in [0.1, 0.15) is 15.5 Å². The molecule has 0 amide bonds. The van der Waals surface area contributed by atoms with Crippen LogP contribution in [-0.2, 0) is 19.7 Å². The highest BCUT2D eigenvalue weighted by atomic mass is 32.3. The van der Waals surface area contributed by atoms with E-state index in [1.165, 1.54) is 18.2 Å². The minimum atomic E-state index is -4.56. The van der Waals surface area contributed by atoms with Gasteiger partial charge in [0.2, 0.25) is 0 Å². The fourth-order valence-corrected chi connectivity index (χ4v) is 9.21. The summed E-state index contributed by atoms with van der Waals surface area (Å²) < 4.78 is 50.5. The summed E-state index contributed by atoms with van der Waals surface area (Å²) in [5, 5.41) is 8.97. The predicted molar refractivity (Wildman–Crippen MR) is 117 cm³/mol. The molecule has 0 unspecified atom stereocenters. The van der Waals surface area contributed by atoms with Gasteiger partial charge < -0.3 is 5.11 Å². The maximum absolute atomic E-state index is 12.8. The van der Waals surface area contributed by atoms with Gasteiger partial charge in [-0.25, -0.2) is 16.8 Å². The van der Waals surface area contributed by atoms with Crippen LogP contribution >= 0.6 is 22.7 Å². The Morgan fingerprint density at radius 2 is 1.23 bits per heavy atom. The van der Waals surface area contributed by atoms with Gasteiger partial charge in [-0.05, 0) is 47.2 Å². The van der Waals surface area contributed by atoms with E-state index in [9.17, 15) is 31.5 Å². The van der Waals surface area contributed by atoms with Crippen LogP contribution < -0.4 is 9.48 Å². The average molecular weight is 481 g/mol. The number of rotatable bonds is 4. The van der Waals surface area contributed by atoms with Gasteiger partial charge in [-0.2, -0.15) is 0 Å². The monoisotopic (exact) mass is 480 g/mol. The van der Waals surface area contributed by atoms with Gasteiger partial charge in [0.15, 0.2) is 24.8 Å². The van der Waals surface area contributed by atoms with Crippen LogP contribution in [0.4, 0.5) is 0 Å². The largest absolute Gasteiger partial charge is 0.508 e. The number of phenolic OH excluding ortho intramolecular Hbond substituents is 1. The van der Waals surface area contributed by atoms with Crippen LogP contribution in [0.15, 0.2) is 74.0 Å². The number of benzene rings is 2. The van der Waals surface area contributed by atoms with Crippen molar-refractivity contribution >= 4 is 62.5 Å². The van der Waals surface area contributed by atoms with Crippen LogP contribution in [0.25, 0.3) is 20.2 Å². The number of hydrogen-bond donors (Lipinski definition) is 1. The Morgan fingerprint density at radius 3 is 1.87 bits per heavy atom. The summed E-state index contributed by atoms with van der Waals surface area (Å²) in [6.45, 7) is 0. The molecule has 154 valence electrons. The summed E-state index contributed by atoms with van der Waals surface area (Å²) in [4.78, 5) is 23.4. The van der Waals surface area contributed by atoms with Gasteiger partial charge in [-0.1, -0.05) is 40.9 Å². The molecular weight excluding hydrogens is 468 g/mol. The lowest BCUT2D eigenvalue weighted by atomic mass is 10.2. The maximum atomic E-state index is 12.8. The molecule has 0 bridgehead atoms. The average Bonchev–Trinajstić information content (AvgIpc) is 2.65. The van der Waals surface area contributed by atoms with E-state index in [4.69, 9.17) is 0 Å². The topological polar surface area (TPSA) is 123 Å². The molecule has 0 radical (unpaired) electrons. The molecule has 11 heteroatoms. The summed E-state index contributed by atoms with van der Waals surface area (Å²) in [6.07, 6.45) is 0. The van der Waals surface area contributed by atoms with E-state index in [1.807, 2.05) is 0 Å². The first kappa shape index (κ1) is 20.7. The van der Waals surface area contributed by atoms with Crippen molar-refractivity contribution in [2.24, 2.45) is 0 Å². The highest BCUT2D eigenvalue weighted by molar-refractivity contribution is 8.08. The molecule has 0 aliphatic carbocycles. The molecule has 1 N–H and O–H groups in total. The molecule has 2 aromatic heterocycles. The first-order chi connectivity index (χ1) is 14.1. The van der Waals surface area contributed by atoms with Crippen molar-refractivity contribution in [2.45, 2.75) is 9.79 Å². The van der Waals surface area contributed by atoms with Crippen molar-refractivity contribution in [1.82, 2.24) is 0 Å². The molecule has 2 aromatic carbocycles. The standard InChI is InChI=1S/C19H12O7S4/c20-13-6-5-12-8-17(19(22)28-15(12)9-13)30(25,26)10-29(23,24)16-7-11-3-1-2-4-14(11)27-18(16)21/h1-9,20H,10H2. The third-order valence-corrected chi connectivity index (χ3v) is 10.9. The predicted octanol–water partition coefficient (Wildman–Crippen LogP) is 2.75. The van der Waals surface area contributed by atoms with Crippen LogP contribution in [0.3, 0.4) is 0 Å². The van der Waals surface area contributed by atoms with Gasteiger partial charge >= 0.3 is 0 Å². The lowest BCUT2D eigenvalue weighted by Gasteiger charge is -2.07. The molecule has 7 nitrogen and oxygen atoms in total. The van der Waals surface area contributed by atoms with Crippen LogP contribution in [0.5, 0.6) is 5.75 Å². The molecular formula is C19H12O7S4. The Bertz CT molecular complexity index is 1650. The molecule has 0 atom stereocenters. The molecule has 0 saturated heterocycles. The number of phenols is 1. The van der Waals surface area contributed by atoms with E-state index < -0.39 is 44.0 Å². The molecule has 4 aromatic rings. The maximum Gasteiger partial charge on any atom is 0.251 e. The zero-order valence-corrected chi connectivity index (χ0v) is 18.2. The Labute approximate surface area is 178 Å².